The van der Waals surface area contributed by atoms with Gasteiger partial charge in [-0.2, -0.15) is 0 Å². The highest BCUT2D eigenvalue weighted by Crippen LogP contribution is 2.26. The van der Waals surface area contributed by atoms with Crippen LogP contribution < -0.4 is 0 Å². The quantitative estimate of drug-likeness (QED) is 0.172. The van der Waals surface area contributed by atoms with Crippen molar-refractivity contribution in [1.29, 1.82) is 0 Å². The Balaban J connectivity index is -0.000000160. The van der Waals surface area contributed by atoms with Gasteiger partial charge in [0.15, 0.2) is 0 Å². The van der Waals surface area contributed by atoms with E-state index in [2.05, 4.69) is 0 Å². The maximum absolute atomic E-state index is 8.88. The van der Waals surface area contributed by atoms with Crippen LogP contribution in [0.15, 0.2) is 24.7 Å². The fourth-order valence-corrected chi connectivity index (χ4v) is 0.0994. The normalized spacial score (nSPS) is 11.6. The summed E-state index contributed by atoms with van der Waals surface area (Å²) >= 11 is 0. The lowest BCUT2D eigenvalue weighted by Gasteiger charge is -1.82. The zero-order valence-corrected chi connectivity index (χ0v) is 9.39. The molecule has 16 heavy (non-hydrogen) atoms. The minimum Gasteiger partial charge on any atom is -0.516 e. The van der Waals surface area contributed by atoms with Crippen LogP contribution in [0.3, 0.4) is 0 Å². The van der Waals surface area contributed by atoms with Gasteiger partial charge in [0.25, 0.3) is 0 Å². The Labute approximate surface area is 89.9 Å². The summed E-state index contributed by atoms with van der Waals surface area (Å²) in [6.45, 7) is 0. The van der Waals surface area contributed by atoms with E-state index >= 15 is 0 Å². The Kier molecular flexibility index (Phi) is 14.0. The third-order valence-electron chi connectivity index (χ3n) is 0.283. The fourth-order valence-electron chi connectivity index (χ4n) is 0.0994. The van der Waals surface area contributed by atoms with E-state index in [0.717, 1.165) is 12.5 Å². The monoisotopic (exact) mass is 282 g/mol. The zero-order chi connectivity index (χ0) is 13.8. The highest BCUT2D eigenvalue weighted by molar-refractivity contribution is 7.45. The van der Waals surface area contributed by atoms with Crippen LogP contribution in [-0.4, -0.2) is 39.6 Å². The predicted octanol–water partition coefficient (Wildman–Crippen LogP) is -0.727. The van der Waals surface area contributed by atoms with E-state index in [1.54, 1.807) is 0 Å². The smallest absolute Gasteiger partial charge is 0.466 e. The molecular formula is C4H12O10P2. The van der Waals surface area contributed by atoms with Gasteiger partial charge in [0.1, 0.15) is 0 Å². The van der Waals surface area contributed by atoms with Gasteiger partial charge >= 0.3 is 15.6 Å². The molecule has 10 nitrogen and oxygen atoms in total. The number of hydrogen-bond donors (Lipinski definition) is 8. The first-order chi connectivity index (χ1) is 6.91. The average Bonchev–Trinajstić information content (AvgIpc) is 1.94. The molecule has 8 N–H and O–H groups in total. The van der Waals surface area contributed by atoms with Crippen molar-refractivity contribution in [1.82, 2.24) is 0 Å². The molecule has 98 valence electrons. The molecule has 0 aliphatic rings. The molecule has 0 aromatic rings. The van der Waals surface area contributed by atoms with Crippen molar-refractivity contribution in [2.75, 3.05) is 0 Å². The lowest BCUT2D eigenvalue weighted by atomic mass is 10.6. The molecule has 0 aromatic carbocycles. The molecule has 12 heteroatoms. The second kappa shape index (κ2) is 10.8. The van der Waals surface area contributed by atoms with Gasteiger partial charge < -0.3 is 39.6 Å². The Bertz CT molecular complexity index is 237. The number of phosphoric acid groups is 2. The van der Waals surface area contributed by atoms with Gasteiger partial charge in [-0.3, -0.25) is 0 Å². The summed E-state index contributed by atoms with van der Waals surface area (Å²) in [5, 5.41) is 15.7. The number of allylic oxidation sites excluding steroid dienone is 2. The number of aliphatic hydroxyl groups excluding tert-OH is 2. The van der Waals surface area contributed by atoms with Gasteiger partial charge in [-0.15, -0.1) is 0 Å². The number of hydrogen-bond acceptors (Lipinski definition) is 4. The third kappa shape index (κ3) is 380. The number of rotatable bonds is 1. The van der Waals surface area contributed by atoms with Crippen LogP contribution in [0.1, 0.15) is 0 Å². The molecule has 0 radical (unpaired) electrons. The van der Waals surface area contributed by atoms with Crippen LogP contribution in [0, 0.1) is 0 Å². The first kappa shape index (κ1) is 20.7. The Morgan fingerprint density at radius 3 is 0.812 bits per heavy atom. The minimum absolute atomic E-state index is 0.840. The van der Waals surface area contributed by atoms with E-state index in [9.17, 15) is 0 Å². The first-order valence-electron chi connectivity index (χ1n) is 3.08. The summed E-state index contributed by atoms with van der Waals surface area (Å²) in [6, 6.07) is 0. The van der Waals surface area contributed by atoms with Crippen LogP contribution in [-0.2, 0) is 9.13 Å². The van der Waals surface area contributed by atoms with E-state index in [1.165, 1.54) is 12.2 Å². The second-order valence-electron chi connectivity index (χ2n) is 1.71. The standard InChI is InChI=1S/C4H6O2.2H3O4P/c5-3-1-2-4-6;2*1-5(2,3)4/h1-6H;2*(H3,1,2,3,4). The molecule has 0 bridgehead atoms. The molecule has 0 spiro atoms. The maximum atomic E-state index is 8.88. The Morgan fingerprint density at radius 2 is 0.750 bits per heavy atom. The third-order valence-corrected chi connectivity index (χ3v) is 0.283. The van der Waals surface area contributed by atoms with Crippen molar-refractivity contribution in [3.8, 4) is 0 Å². The van der Waals surface area contributed by atoms with E-state index in [1.807, 2.05) is 0 Å². The molecule has 0 heterocycles. The van der Waals surface area contributed by atoms with Crippen LogP contribution in [0.5, 0.6) is 0 Å². The molecular weight excluding hydrogens is 270 g/mol. The van der Waals surface area contributed by atoms with Crippen LogP contribution in [0.4, 0.5) is 0 Å². The van der Waals surface area contributed by atoms with E-state index < -0.39 is 15.6 Å². The molecule has 0 amide bonds. The molecule has 0 saturated heterocycles. The molecule has 0 aliphatic carbocycles. The summed E-state index contributed by atoms with van der Waals surface area (Å²) in [5.74, 6) is 0. The van der Waals surface area contributed by atoms with E-state index in [-0.39, 0.29) is 0 Å². The van der Waals surface area contributed by atoms with Gasteiger partial charge in [0.2, 0.25) is 0 Å². The predicted molar refractivity (Wildman–Crippen MR) is 52.1 cm³/mol. The molecule has 0 atom stereocenters. The first-order valence-corrected chi connectivity index (χ1v) is 6.21. The van der Waals surface area contributed by atoms with Gasteiger partial charge in [-0.05, 0) is 12.2 Å². The summed E-state index contributed by atoms with van der Waals surface area (Å²) in [4.78, 5) is 43.1. The highest BCUT2D eigenvalue weighted by Gasteiger charge is 2.00. The summed E-state index contributed by atoms with van der Waals surface area (Å²) in [5.41, 5.74) is 0. The van der Waals surface area contributed by atoms with Gasteiger partial charge in [0.05, 0.1) is 12.5 Å². The molecule has 0 saturated carbocycles. The topological polar surface area (TPSA) is 196 Å². The zero-order valence-electron chi connectivity index (χ0n) is 7.60. The van der Waals surface area contributed by atoms with Gasteiger partial charge in [-0.25, -0.2) is 9.13 Å². The minimum atomic E-state index is -4.64. The fraction of sp³-hybridized carbons (Fsp3) is 0. The summed E-state index contributed by atoms with van der Waals surface area (Å²) < 4.78 is 17.8. The maximum Gasteiger partial charge on any atom is 0.466 e. The summed E-state index contributed by atoms with van der Waals surface area (Å²) in [7, 11) is -9.28. The molecule has 0 fully saturated rings. The van der Waals surface area contributed by atoms with Gasteiger partial charge in [0, 0.05) is 0 Å². The van der Waals surface area contributed by atoms with Crippen molar-refractivity contribution >= 4 is 15.6 Å². The van der Waals surface area contributed by atoms with Crippen LogP contribution in [0.25, 0.3) is 0 Å². The molecule has 0 aliphatic heterocycles. The molecule has 0 aromatic heterocycles. The van der Waals surface area contributed by atoms with Gasteiger partial charge in [-0.1, -0.05) is 0 Å². The van der Waals surface area contributed by atoms with Crippen LogP contribution in [0.2, 0.25) is 0 Å². The SMILES string of the molecule is O=P(O)(O)O.O=P(O)(O)O.OC=CC=CO. The van der Waals surface area contributed by atoms with Crippen molar-refractivity contribution < 1.29 is 48.7 Å². The van der Waals surface area contributed by atoms with Crippen molar-refractivity contribution in [2.45, 2.75) is 0 Å². The van der Waals surface area contributed by atoms with Crippen molar-refractivity contribution in [3.63, 3.8) is 0 Å². The molecule has 0 unspecified atom stereocenters. The van der Waals surface area contributed by atoms with Crippen molar-refractivity contribution in [3.05, 3.63) is 24.7 Å². The van der Waals surface area contributed by atoms with Crippen LogP contribution >= 0.6 is 15.6 Å². The average molecular weight is 282 g/mol. The Morgan fingerprint density at radius 1 is 0.625 bits per heavy atom. The Hall–Kier alpha value is -0.700. The largest absolute Gasteiger partial charge is 0.516 e. The lowest BCUT2D eigenvalue weighted by Crippen LogP contribution is -1.66. The second-order valence-corrected chi connectivity index (χ2v) is 3.76. The summed E-state index contributed by atoms with van der Waals surface area (Å²) in [6.07, 6.45) is 4.29. The van der Waals surface area contributed by atoms with E-state index in [4.69, 9.17) is 48.7 Å². The number of aliphatic hydroxyl groups is 2. The van der Waals surface area contributed by atoms with E-state index in [0.29, 0.717) is 0 Å². The molecule has 0 rings (SSSR count). The van der Waals surface area contributed by atoms with Crippen molar-refractivity contribution in [2.24, 2.45) is 0 Å². The highest BCUT2D eigenvalue weighted by atomic mass is 31.2. The lowest BCUT2D eigenvalue weighted by molar-refractivity contribution is 0.272.